The van der Waals surface area contributed by atoms with E-state index in [0.717, 1.165) is 24.2 Å². The largest absolute Gasteiger partial charge is 0.290 e. The lowest BCUT2D eigenvalue weighted by Crippen LogP contribution is -2.48. The van der Waals surface area contributed by atoms with Crippen molar-refractivity contribution in [1.29, 1.82) is 0 Å². The lowest BCUT2D eigenvalue weighted by atomic mass is 9.48. The van der Waals surface area contributed by atoms with E-state index >= 15 is 0 Å². The minimum atomic E-state index is 0.150. The van der Waals surface area contributed by atoms with Crippen LogP contribution in [-0.4, -0.2) is 5.78 Å². The van der Waals surface area contributed by atoms with E-state index in [1.54, 1.807) is 5.57 Å². The number of rotatable bonds is 0. The zero-order valence-electron chi connectivity index (χ0n) is 14.2. The van der Waals surface area contributed by atoms with Gasteiger partial charge in [-0.2, -0.15) is 0 Å². The Hall–Kier alpha value is -1.11. The van der Waals surface area contributed by atoms with Gasteiger partial charge in [0.25, 0.3) is 0 Å². The summed E-state index contributed by atoms with van der Waals surface area (Å²) < 4.78 is 0. The second-order valence-electron chi connectivity index (χ2n) is 8.41. The van der Waals surface area contributed by atoms with Crippen LogP contribution in [0.25, 0.3) is 0 Å². The average molecular weight is 296 g/mol. The van der Waals surface area contributed by atoms with Crippen LogP contribution in [0.5, 0.6) is 0 Å². The fourth-order valence-corrected chi connectivity index (χ4v) is 6.52. The zero-order valence-corrected chi connectivity index (χ0v) is 14.2. The maximum atomic E-state index is 11.8. The standard InChI is InChI=1S/C21H28O/c1-4-14-6-8-18-17-7-5-15-13-16(22)9-11-21(15,3)19(17)10-12-20(14,18)2/h4,9,11,13,17-19H,5-8,10,12H2,1-3H3/b14-4-/t17?,18?,19?,20-,21+/m1/s1. The summed E-state index contributed by atoms with van der Waals surface area (Å²) in [6.07, 6.45) is 16.2. The highest BCUT2D eigenvalue weighted by molar-refractivity contribution is 6.01. The highest BCUT2D eigenvalue weighted by Gasteiger charge is 2.56. The molecule has 0 radical (unpaired) electrons. The van der Waals surface area contributed by atoms with E-state index in [1.165, 1.54) is 37.7 Å². The van der Waals surface area contributed by atoms with Crippen molar-refractivity contribution in [3.05, 3.63) is 35.5 Å². The molecule has 3 unspecified atom stereocenters. The number of hydrogen-bond donors (Lipinski definition) is 0. The van der Waals surface area contributed by atoms with Crippen LogP contribution in [0.15, 0.2) is 35.5 Å². The van der Waals surface area contributed by atoms with Crippen molar-refractivity contribution in [3.63, 3.8) is 0 Å². The number of ketones is 1. The Morgan fingerprint density at radius 1 is 1.14 bits per heavy atom. The second-order valence-corrected chi connectivity index (χ2v) is 8.41. The molecule has 22 heavy (non-hydrogen) atoms. The van der Waals surface area contributed by atoms with Crippen molar-refractivity contribution in [2.24, 2.45) is 28.6 Å². The lowest BCUT2D eigenvalue weighted by Gasteiger charge is -2.56. The molecule has 0 amide bonds. The summed E-state index contributed by atoms with van der Waals surface area (Å²) in [7, 11) is 0. The Kier molecular flexibility index (Phi) is 3.09. The summed E-state index contributed by atoms with van der Waals surface area (Å²) in [5.74, 6) is 2.65. The first kappa shape index (κ1) is 14.5. The van der Waals surface area contributed by atoms with Crippen LogP contribution in [0.2, 0.25) is 0 Å². The van der Waals surface area contributed by atoms with Crippen LogP contribution >= 0.6 is 0 Å². The Bertz CT molecular complexity index is 607. The van der Waals surface area contributed by atoms with Gasteiger partial charge in [0.1, 0.15) is 0 Å². The third kappa shape index (κ3) is 1.74. The van der Waals surface area contributed by atoms with Crippen LogP contribution in [-0.2, 0) is 4.79 Å². The van der Waals surface area contributed by atoms with Crippen molar-refractivity contribution in [3.8, 4) is 0 Å². The van der Waals surface area contributed by atoms with Crippen LogP contribution in [0.1, 0.15) is 59.3 Å². The van der Waals surface area contributed by atoms with Crippen LogP contribution in [0.3, 0.4) is 0 Å². The molecule has 4 aliphatic rings. The maximum absolute atomic E-state index is 11.8. The fourth-order valence-electron chi connectivity index (χ4n) is 6.52. The van der Waals surface area contributed by atoms with Crippen LogP contribution in [0, 0.1) is 28.6 Å². The average Bonchev–Trinajstić information content (AvgIpc) is 2.84. The number of fused-ring (bicyclic) bond motifs is 5. The first-order valence-electron chi connectivity index (χ1n) is 9.09. The molecule has 5 atom stereocenters. The highest BCUT2D eigenvalue weighted by atomic mass is 16.1. The maximum Gasteiger partial charge on any atom is 0.178 e. The SMILES string of the molecule is C/C=C1/CCC2C3CCC4=CC(=O)C=C[C@]4(C)C3CC[C@]12C. The van der Waals surface area contributed by atoms with Gasteiger partial charge in [-0.25, -0.2) is 0 Å². The Balaban J connectivity index is 1.71. The van der Waals surface area contributed by atoms with E-state index < -0.39 is 0 Å². The molecule has 1 nitrogen and oxygen atoms in total. The van der Waals surface area contributed by atoms with Gasteiger partial charge in [0.15, 0.2) is 5.78 Å². The molecular formula is C21H28O. The Labute approximate surface area is 134 Å². The van der Waals surface area contributed by atoms with Crippen molar-refractivity contribution in [2.45, 2.75) is 59.3 Å². The van der Waals surface area contributed by atoms with Crippen LogP contribution < -0.4 is 0 Å². The van der Waals surface area contributed by atoms with Gasteiger partial charge in [0, 0.05) is 5.41 Å². The van der Waals surface area contributed by atoms with Crippen LogP contribution in [0.4, 0.5) is 0 Å². The number of carbonyl (C=O) groups is 1. The summed E-state index contributed by atoms with van der Waals surface area (Å²) in [5.41, 5.74) is 3.74. The molecule has 4 aliphatic carbocycles. The lowest BCUT2D eigenvalue weighted by molar-refractivity contribution is -0.111. The Morgan fingerprint density at radius 2 is 1.95 bits per heavy atom. The summed E-state index contributed by atoms with van der Waals surface area (Å²) in [6.45, 7) is 7.16. The number of hydrogen-bond acceptors (Lipinski definition) is 1. The van der Waals surface area contributed by atoms with Gasteiger partial charge in [-0.1, -0.05) is 37.1 Å². The molecule has 0 saturated heterocycles. The minimum absolute atomic E-state index is 0.150. The molecule has 0 heterocycles. The summed E-state index contributed by atoms with van der Waals surface area (Å²) in [6, 6.07) is 0. The van der Waals surface area contributed by atoms with Gasteiger partial charge in [-0.3, -0.25) is 4.79 Å². The monoisotopic (exact) mass is 296 g/mol. The van der Waals surface area contributed by atoms with Crippen molar-refractivity contribution in [2.75, 3.05) is 0 Å². The van der Waals surface area contributed by atoms with Crippen molar-refractivity contribution < 1.29 is 4.79 Å². The van der Waals surface area contributed by atoms with Gasteiger partial charge < -0.3 is 0 Å². The molecule has 0 spiro atoms. The number of allylic oxidation sites excluding steroid dienone is 6. The molecular weight excluding hydrogens is 268 g/mol. The first-order chi connectivity index (χ1) is 10.5. The predicted octanol–water partition coefficient (Wildman–Crippen LogP) is 5.24. The van der Waals surface area contributed by atoms with E-state index in [9.17, 15) is 4.79 Å². The van der Waals surface area contributed by atoms with Gasteiger partial charge in [0.2, 0.25) is 0 Å². The molecule has 3 fully saturated rings. The smallest absolute Gasteiger partial charge is 0.178 e. The molecule has 0 N–H and O–H groups in total. The summed E-state index contributed by atoms with van der Waals surface area (Å²) in [4.78, 5) is 11.8. The fraction of sp³-hybridized carbons (Fsp3) is 0.667. The molecule has 0 aromatic rings. The third-order valence-electron chi connectivity index (χ3n) is 7.75. The second kappa shape index (κ2) is 4.69. The van der Waals surface area contributed by atoms with E-state index in [-0.39, 0.29) is 11.2 Å². The van der Waals surface area contributed by atoms with E-state index in [2.05, 4.69) is 32.9 Å². The molecule has 1 heteroatoms. The normalized spacial score (nSPS) is 48.7. The molecule has 3 saturated carbocycles. The van der Waals surface area contributed by atoms with Gasteiger partial charge >= 0.3 is 0 Å². The molecule has 0 aromatic heterocycles. The summed E-state index contributed by atoms with van der Waals surface area (Å²) in [5, 5.41) is 0. The minimum Gasteiger partial charge on any atom is -0.290 e. The van der Waals surface area contributed by atoms with Gasteiger partial charge in [-0.15, -0.1) is 0 Å². The third-order valence-corrected chi connectivity index (χ3v) is 7.75. The van der Waals surface area contributed by atoms with Gasteiger partial charge in [0.05, 0.1) is 0 Å². The van der Waals surface area contributed by atoms with E-state index in [4.69, 9.17) is 0 Å². The molecule has 4 rings (SSSR count). The molecule has 0 aromatic carbocycles. The number of carbonyl (C=O) groups excluding carboxylic acids is 1. The van der Waals surface area contributed by atoms with Crippen molar-refractivity contribution in [1.82, 2.24) is 0 Å². The van der Waals surface area contributed by atoms with Crippen molar-refractivity contribution >= 4 is 5.78 Å². The van der Waals surface area contributed by atoms with E-state index in [1.807, 2.05) is 12.2 Å². The molecule has 118 valence electrons. The molecule has 0 bridgehead atoms. The molecule has 0 aliphatic heterocycles. The highest BCUT2D eigenvalue weighted by Crippen LogP contribution is 2.65. The first-order valence-corrected chi connectivity index (χ1v) is 9.09. The predicted molar refractivity (Wildman–Crippen MR) is 90.4 cm³/mol. The van der Waals surface area contributed by atoms with Gasteiger partial charge in [-0.05, 0) is 80.8 Å². The summed E-state index contributed by atoms with van der Waals surface area (Å²) >= 11 is 0. The quantitative estimate of drug-likeness (QED) is 0.559. The topological polar surface area (TPSA) is 17.1 Å². The zero-order chi connectivity index (χ0) is 15.5. The Morgan fingerprint density at radius 3 is 2.73 bits per heavy atom. The van der Waals surface area contributed by atoms with E-state index in [0.29, 0.717) is 5.41 Å².